The molecule has 0 radical (unpaired) electrons. The van der Waals surface area contributed by atoms with Gasteiger partial charge in [0, 0.05) is 20.1 Å². The van der Waals surface area contributed by atoms with Crippen LogP contribution < -0.4 is 4.72 Å². The Bertz CT molecular complexity index is 1140. The Morgan fingerprint density at radius 1 is 1.06 bits per heavy atom. The molecule has 2 aromatic carbocycles. The molecule has 2 aromatic rings. The zero-order valence-corrected chi connectivity index (χ0v) is 22.6. The summed E-state index contributed by atoms with van der Waals surface area (Å²) in [6.07, 6.45) is -0.648. The fourth-order valence-electron chi connectivity index (χ4n) is 3.40. The van der Waals surface area contributed by atoms with E-state index in [-0.39, 0.29) is 24.5 Å². The second kappa shape index (κ2) is 12.3. The van der Waals surface area contributed by atoms with Crippen LogP contribution in [0, 0.1) is 13.8 Å². The monoisotopic (exact) mass is 519 g/mol. The van der Waals surface area contributed by atoms with Crippen molar-refractivity contribution in [3.05, 3.63) is 65.2 Å². The lowest BCUT2D eigenvalue weighted by molar-refractivity contribution is -0.133. The Kier molecular flexibility index (Phi) is 10.0. The van der Waals surface area contributed by atoms with Crippen molar-refractivity contribution >= 4 is 22.0 Å². The molecular weight excluding hydrogens is 482 g/mol. The third kappa shape index (κ3) is 9.25. The number of hydrogen-bond donors (Lipinski definition) is 2. The summed E-state index contributed by atoms with van der Waals surface area (Å²) in [5, 5.41) is 9.97. The molecule has 0 unspecified atom stereocenters. The van der Waals surface area contributed by atoms with E-state index in [0.29, 0.717) is 0 Å². The maximum absolute atomic E-state index is 13.3. The summed E-state index contributed by atoms with van der Waals surface area (Å²) >= 11 is 0. The van der Waals surface area contributed by atoms with Gasteiger partial charge in [0.2, 0.25) is 15.9 Å². The minimum Gasteiger partial charge on any atom is -0.444 e. The van der Waals surface area contributed by atoms with Crippen LogP contribution in [0.25, 0.3) is 0 Å². The lowest BCUT2D eigenvalue weighted by Crippen LogP contribution is -2.50. The first-order chi connectivity index (χ1) is 16.7. The number of aliphatic hydroxyl groups excluding tert-OH is 1. The van der Waals surface area contributed by atoms with Crippen LogP contribution in [0.3, 0.4) is 0 Å². The number of carbonyl (C=O) groups excluding carboxylic acids is 2. The van der Waals surface area contributed by atoms with Gasteiger partial charge in [-0.25, -0.2) is 17.9 Å². The van der Waals surface area contributed by atoms with Gasteiger partial charge >= 0.3 is 6.09 Å². The SMILES string of the molecule is Cc1ccc(S(=O)(=O)N[C@H](CO)CN(Cc2cccc(C)c2)C(=O)CN(C)C(=O)OC(C)(C)C)cc1. The molecule has 0 aliphatic rings. The molecule has 1 atom stereocenters. The number of aryl methyl sites for hydroxylation is 2. The molecule has 10 heteroatoms. The van der Waals surface area contributed by atoms with Crippen LogP contribution in [-0.4, -0.2) is 73.7 Å². The van der Waals surface area contributed by atoms with Gasteiger partial charge in [-0.2, -0.15) is 0 Å². The fourth-order valence-corrected chi connectivity index (χ4v) is 4.61. The van der Waals surface area contributed by atoms with Crippen LogP contribution in [-0.2, 0) is 26.1 Å². The number of amides is 2. The first-order valence-electron chi connectivity index (χ1n) is 11.7. The molecular formula is C26H37N3O6S. The van der Waals surface area contributed by atoms with Gasteiger partial charge in [0.15, 0.2) is 0 Å². The van der Waals surface area contributed by atoms with E-state index in [4.69, 9.17) is 4.74 Å². The highest BCUT2D eigenvalue weighted by Gasteiger charge is 2.27. The van der Waals surface area contributed by atoms with Gasteiger partial charge in [-0.3, -0.25) is 4.79 Å². The zero-order valence-electron chi connectivity index (χ0n) is 21.8. The van der Waals surface area contributed by atoms with Gasteiger partial charge in [-0.1, -0.05) is 47.5 Å². The number of nitrogens with one attached hydrogen (secondary N) is 1. The second-order valence-corrected chi connectivity index (χ2v) is 11.6. The Morgan fingerprint density at radius 2 is 1.69 bits per heavy atom. The molecule has 9 nitrogen and oxygen atoms in total. The summed E-state index contributed by atoms with van der Waals surface area (Å²) in [6, 6.07) is 12.9. The first-order valence-corrected chi connectivity index (χ1v) is 13.2. The van der Waals surface area contributed by atoms with Crippen molar-refractivity contribution in [1.82, 2.24) is 14.5 Å². The van der Waals surface area contributed by atoms with Crippen molar-refractivity contribution in [1.29, 1.82) is 0 Å². The van der Waals surface area contributed by atoms with Crippen LogP contribution >= 0.6 is 0 Å². The third-order valence-electron chi connectivity index (χ3n) is 5.20. The van der Waals surface area contributed by atoms with Gasteiger partial charge in [0.1, 0.15) is 12.1 Å². The highest BCUT2D eigenvalue weighted by Crippen LogP contribution is 2.14. The molecule has 0 saturated carbocycles. The Hall–Kier alpha value is -2.95. The molecule has 2 N–H and O–H groups in total. The molecule has 0 heterocycles. The predicted octanol–water partition coefficient (Wildman–Crippen LogP) is 2.84. The van der Waals surface area contributed by atoms with Crippen LogP contribution in [0.2, 0.25) is 0 Å². The van der Waals surface area contributed by atoms with Gasteiger partial charge < -0.3 is 19.6 Å². The lowest BCUT2D eigenvalue weighted by atomic mass is 10.1. The molecule has 0 aliphatic heterocycles. The van der Waals surface area contributed by atoms with Crippen molar-refractivity contribution in [3.63, 3.8) is 0 Å². The van der Waals surface area contributed by atoms with E-state index >= 15 is 0 Å². The molecule has 0 fully saturated rings. The van der Waals surface area contributed by atoms with Crippen LogP contribution in [0.15, 0.2) is 53.4 Å². The quantitative estimate of drug-likeness (QED) is 0.499. The van der Waals surface area contributed by atoms with E-state index in [1.165, 1.54) is 29.0 Å². The van der Waals surface area contributed by atoms with E-state index in [0.717, 1.165) is 16.7 Å². The molecule has 0 aromatic heterocycles. The maximum atomic E-state index is 13.3. The molecule has 2 amide bonds. The number of hydrogen-bond acceptors (Lipinski definition) is 6. The summed E-state index contributed by atoms with van der Waals surface area (Å²) in [4.78, 5) is 28.3. The maximum Gasteiger partial charge on any atom is 0.410 e. The molecule has 0 saturated heterocycles. The summed E-state index contributed by atoms with van der Waals surface area (Å²) < 4.78 is 33.6. The zero-order chi connectivity index (χ0) is 27.1. The Morgan fingerprint density at radius 3 is 2.25 bits per heavy atom. The molecule has 36 heavy (non-hydrogen) atoms. The smallest absolute Gasteiger partial charge is 0.410 e. The number of rotatable bonds is 10. The average molecular weight is 520 g/mol. The van der Waals surface area contributed by atoms with Crippen molar-refractivity contribution in [2.45, 2.75) is 57.7 Å². The van der Waals surface area contributed by atoms with E-state index < -0.39 is 40.3 Å². The van der Waals surface area contributed by atoms with Crippen molar-refractivity contribution in [2.24, 2.45) is 0 Å². The summed E-state index contributed by atoms with van der Waals surface area (Å²) in [5.74, 6) is -0.419. The summed E-state index contributed by atoms with van der Waals surface area (Å²) in [6.45, 7) is 8.25. The molecule has 0 spiro atoms. The number of nitrogens with zero attached hydrogens (tertiary/aromatic N) is 2. The highest BCUT2D eigenvalue weighted by atomic mass is 32.2. The number of aliphatic hydroxyl groups is 1. The second-order valence-electron chi connectivity index (χ2n) is 9.91. The van der Waals surface area contributed by atoms with Gasteiger partial charge in [0.25, 0.3) is 0 Å². The minimum atomic E-state index is -3.93. The summed E-state index contributed by atoms with van der Waals surface area (Å²) in [5.41, 5.74) is 2.04. The number of carbonyl (C=O) groups is 2. The number of ether oxygens (including phenoxy) is 1. The van der Waals surface area contributed by atoms with E-state index in [2.05, 4.69) is 4.72 Å². The number of likely N-dealkylation sites (N-methyl/N-ethyl adjacent to an activating group) is 1. The predicted molar refractivity (Wildman–Crippen MR) is 138 cm³/mol. The standard InChI is InChI=1S/C26H37N3O6S/c1-19-10-12-23(13-11-19)36(33,34)27-22(18-30)16-29(15-21-9-7-8-20(2)14-21)24(31)17-28(6)25(32)35-26(3,4)5/h7-14,22,27,30H,15-18H2,1-6H3/t22-/m0/s1. The van der Waals surface area contributed by atoms with Crippen LogP contribution in [0.1, 0.15) is 37.5 Å². The van der Waals surface area contributed by atoms with Gasteiger partial charge in [-0.05, 0) is 52.3 Å². The third-order valence-corrected chi connectivity index (χ3v) is 6.74. The lowest BCUT2D eigenvalue weighted by Gasteiger charge is -2.30. The Balaban J connectivity index is 2.23. The minimum absolute atomic E-state index is 0.0627. The van der Waals surface area contributed by atoms with Crippen molar-refractivity contribution in [3.8, 4) is 0 Å². The largest absolute Gasteiger partial charge is 0.444 e. The molecule has 2 rings (SSSR count). The average Bonchev–Trinajstić information content (AvgIpc) is 2.77. The molecule has 0 bridgehead atoms. The van der Waals surface area contributed by atoms with Crippen molar-refractivity contribution < 1.29 is 27.9 Å². The van der Waals surface area contributed by atoms with Crippen molar-refractivity contribution in [2.75, 3.05) is 26.7 Å². The first kappa shape index (κ1) is 29.3. The fraction of sp³-hybridized carbons (Fsp3) is 0.462. The number of benzene rings is 2. The van der Waals surface area contributed by atoms with Gasteiger partial charge in [-0.15, -0.1) is 0 Å². The Labute approximate surface area is 214 Å². The van der Waals surface area contributed by atoms with E-state index in [1.807, 2.05) is 38.1 Å². The van der Waals surface area contributed by atoms with E-state index in [1.54, 1.807) is 32.9 Å². The van der Waals surface area contributed by atoms with Crippen LogP contribution in [0.4, 0.5) is 4.79 Å². The normalized spacial score (nSPS) is 12.6. The summed E-state index contributed by atoms with van der Waals surface area (Å²) in [7, 11) is -2.47. The number of sulfonamides is 1. The highest BCUT2D eigenvalue weighted by molar-refractivity contribution is 7.89. The van der Waals surface area contributed by atoms with E-state index in [9.17, 15) is 23.1 Å². The van der Waals surface area contributed by atoms with Crippen LogP contribution in [0.5, 0.6) is 0 Å². The van der Waals surface area contributed by atoms with Gasteiger partial charge in [0.05, 0.1) is 17.5 Å². The topological polar surface area (TPSA) is 116 Å². The molecule has 198 valence electrons. The molecule has 0 aliphatic carbocycles.